The van der Waals surface area contributed by atoms with Crippen LogP contribution >= 0.6 is 23.7 Å². The maximum Gasteiger partial charge on any atom is 0.231 e. The van der Waals surface area contributed by atoms with Crippen LogP contribution in [0.3, 0.4) is 0 Å². The molecule has 1 saturated heterocycles. The summed E-state index contributed by atoms with van der Waals surface area (Å²) in [7, 11) is 0. The summed E-state index contributed by atoms with van der Waals surface area (Å²) in [6.45, 7) is 4.00. The summed E-state index contributed by atoms with van der Waals surface area (Å²) in [5.74, 6) is 1.77. The van der Waals surface area contributed by atoms with Crippen LogP contribution in [0.15, 0.2) is 10.7 Å². The Morgan fingerprint density at radius 1 is 1.50 bits per heavy atom. The van der Waals surface area contributed by atoms with Crippen molar-refractivity contribution in [1.29, 1.82) is 0 Å². The Labute approximate surface area is 115 Å². The minimum atomic E-state index is 0. The van der Waals surface area contributed by atoms with Gasteiger partial charge in [0.15, 0.2) is 0 Å². The third-order valence-corrected chi connectivity index (χ3v) is 3.84. The van der Waals surface area contributed by atoms with Gasteiger partial charge in [0.2, 0.25) is 11.7 Å². The number of aryl methyl sites for hydroxylation is 1. The molecule has 3 heterocycles. The fraction of sp³-hybridized carbons (Fsp3) is 0.545. The Morgan fingerprint density at radius 3 is 3.06 bits per heavy atom. The first-order valence-corrected chi connectivity index (χ1v) is 6.62. The first kappa shape index (κ1) is 13.5. The molecule has 0 aromatic carbocycles. The van der Waals surface area contributed by atoms with Gasteiger partial charge in [-0.3, -0.25) is 0 Å². The highest BCUT2D eigenvalue weighted by atomic mass is 35.5. The Morgan fingerprint density at radius 2 is 2.39 bits per heavy atom. The lowest BCUT2D eigenvalue weighted by molar-refractivity contribution is 0.322. The van der Waals surface area contributed by atoms with Gasteiger partial charge in [-0.15, -0.1) is 23.7 Å². The van der Waals surface area contributed by atoms with E-state index in [2.05, 4.69) is 20.4 Å². The lowest BCUT2D eigenvalue weighted by atomic mass is 10.00. The fourth-order valence-electron chi connectivity index (χ4n) is 2.03. The lowest BCUT2D eigenvalue weighted by Crippen LogP contribution is -2.28. The number of hydrogen-bond acceptors (Lipinski definition) is 6. The first-order chi connectivity index (χ1) is 8.33. The summed E-state index contributed by atoms with van der Waals surface area (Å²) in [6, 6.07) is 0. The second-order valence-electron chi connectivity index (χ2n) is 4.24. The Balaban J connectivity index is 0.00000120. The highest BCUT2D eigenvalue weighted by Crippen LogP contribution is 2.27. The smallest absolute Gasteiger partial charge is 0.231 e. The molecule has 7 heteroatoms. The van der Waals surface area contributed by atoms with Crippen LogP contribution < -0.4 is 5.32 Å². The molecule has 0 spiro atoms. The third kappa shape index (κ3) is 2.71. The van der Waals surface area contributed by atoms with Crippen molar-refractivity contribution in [3.8, 4) is 10.7 Å². The van der Waals surface area contributed by atoms with E-state index in [9.17, 15) is 0 Å². The predicted octanol–water partition coefficient (Wildman–Crippen LogP) is 2.39. The Hall–Kier alpha value is -0.980. The van der Waals surface area contributed by atoms with Crippen molar-refractivity contribution < 1.29 is 4.52 Å². The van der Waals surface area contributed by atoms with E-state index in [0.29, 0.717) is 11.7 Å². The van der Waals surface area contributed by atoms with Crippen LogP contribution in [0.5, 0.6) is 0 Å². The van der Waals surface area contributed by atoms with E-state index in [1.54, 1.807) is 17.5 Å². The van der Waals surface area contributed by atoms with Crippen LogP contribution in [-0.2, 0) is 0 Å². The zero-order valence-electron chi connectivity index (χ0n) is 10.0. The highest BCUT2D eigenvalue weighted by molar-refractivity contribution is 7.14. The van der Waals surface area contributed by atoms with E-state index >= 15 is 0 Å². The molecule has 0 saturated carbocycles. The molecule has 0 aliphatic carbocycles. The Bertz CT molecular complexity index is 507. The maximum absolute atomic E-state index is 5.35. The molecule has 0 bridgehead atoms. The average Bonchev–Trinajstić information content (AvgIpc) is 2.98. The minimum Gasteiger partial charge on any atom is -0.339 e. The van der Waals surface area contributed by atoms with Gasteiger partial charge < -0.3 is 9.84 Å². The van der Waals surface area contributed by atoms with Crippen molar-refractivity contribution in [3.05, 3.63) is 17.1 Å². The maximum atomic E-state index is 5.35. The molecule has 18 heavy (non-hydrogen) atoms. The number of aromatic nitrogens is 3. The first-order valence-electron chi connectivity index (χ1n) is 5.80. The van der Waals surface area contributed by atoms with Crippen LogP contribution in [0.2, 0.25) is 0 Å². The van der Waals surface area contributed by atoms with Gasteiger partial charge in [-0.25, -0.2) is 4.98 Å². The predicted molar refractivity (Wildman–Crippen MR) is 72.2 cm³/mol. The van der Waals surface area contributed by atoms with Crippen molar-refractivity contribution >= 4 is 23.7 Å². The second-order valence-corrected chi connectivity index (χ2v) is 5.48. The number of hydrogen-bond donors (Lipinski definition) is 1. The van der Waals surface area contributed by atoms with Crippen LogP contribution in [0.1, 0.15) is 29.7 Å². The molecule has 1 fully saturated rings. The summed E-state index contributed by atoms with van der Waals surface area (Å²) in [4.78, 5) is 9.64. The second kappa shape index (κ2) is 5.77. The fourth-order valence-corrected chi connectivity index (χ4v) is 2.73. The van der Waals surface area contributed by atoms with E-state index < -0.39 is 0 Å². The van der Waals surface area contributed by atoms with E-state index in [4.69, 9.17) is 4.52 Å². The zero-order chi connectivity index (χ0) is 11.7. The number of nitrogens with one attached hydrogen (secondary N) is 1. The largest absolute Gasteiger partial charge is 0.339 e. The molecule has 5 nitrogen and oxygen atoms in total. The minimum absolute atomic E-state index is 0. The van der Waals surface area contributed by atoms with Gasteiger partial charge in [0.25, 0.3) is 0 Å². The van der Waals surface area contributed by atoms with Crippen molar-refractivity contribution in [2.45, 2.75) is 25.7 Å². The molecule has 1 aliphatic heterocycles. The molecule has 1 aliphatic rings. The number of piperidine rings is 1. The summed E-state index contributed by atoms with van der Waals surface area (Å²) < 4.78 is 5.35. The van der Waals surface area contributed by atoms with Gasteiger partial charge in [-0.1, -0.05) is 5.16 Å². The van der Waals surface area contributed by atoms with Gasteiger partial charge in [-0.2, -0.15) is 4.98 Å². The molecule has 0 unspecified atom stereocenters. The van der Waals surface area contributed by atoms with E-state index in [1.807, 2.05) is 6.92 Å². The number of nitrogens with zero attached hydrogens (tertiary/aromatic N) is 3. The Kier molecular flexibility index (Phi) is 4.31. The van der Waals surface area contributed by atoms with Crippen LogP contribution in [0.4, 0.5) is 0 Å². The number of halogens is 1. The molecule has 98 valence electrons. The van der Waals surface area contributed by atoms with Gasteiger partial charge in [0, 0.05) is 12.7 Å². The normalized spacial score (nSPS) is 19.5. The summed E-state index contributed by atoms with van der Waals surface area (Å²) in [5.41, 5.74) is 0. The molecular formula is C11H15ClN4OS. The molecule has 2 aromatic rings. The van der Waals surface area contributed by atoms with Crippen molar-refractivity contribution in [2.24, 2.45) is 0 Å². The van der Waals surface area contributed by atoms with Crippen LogP contribution in [0, 0.1) is 6.92 Å². The summed E-state index contributed by atoms with van der Waals surface area (Å²) >= 11 is 1.59. The molecule has 0 amide bonds. The van der Waals surface area contributed by atoms with E-state index in [1.165, 1.54) is 6.42 Å². The molecule has 1 atom stereocenters. The topological polar surface area (TPSA) is 63.8 Å². The summed E-state index contributed by atoms with van der Waals surface area (Å²) in [5, 5.41) is 8.40. The zero-order valence-corrected chi connectivity index (χ0v) is 11.7. The van der Waals surface area contributed by atoms with Crippen LogP contribution in [-0.4, -0.2) is 28.2 Å². The van der Waals surface area contributed by atoms with E-state index in [-0.39, 0.29) is 12.4 Å². The van der Waals surface area contributed by atoms with Crippen molar-refractivity contribution in [3.63, 3.8) is 0 Å². The van der Waals surface area contributed by atoms with Crippen LogP contribution in [0.25, 0.3) is 10.7 Å². The van der Waals surface area contributed by atoms with Crippen molar-refractivity contribution in [2.75, 3.05) is 13.1 Å². The monoisotopic (exact) mass is 286 g/mol. The molecular weight excluding hydrogens is 272 g/mol. The quantitative estimate of drug-likeness (QED) is 0.918. The molecule has 3 rings (SSSR count). The van der Waals surface area contributed by atoms with Crippen molar-refractivity contribution in [1.82, 2.24) is 20.4 Å². The van der Waals surface area contributed by atoms with Gasteiger partial charge in [-0.05, 0) is 26.3 Å². The standard InChI is InChI=1S/C11H14N4OS.ClH/c1-7-13-6-9(17-7)10-14-11(16-15-10)8-3-2-4-12-5-8;/h6,8,12H,2-5H2,1H3;1H/t8-;/m0./s1. The highest BCUT2D eigenvalue weighted by Gasteiger charge is 2.22. The lowest BCUT2D eigenvalue weighted by Gasteiger charge is -2.18. The number of thiazole rings is 1. The van der Waals surface area contributed by atoms with E-state index in [0.717, 1.165) is 35.3 Å². The van der Waals surface area contributed by atoms with Gasteiger partial charge >= 0.3 is 0 Å². The molecule has 1 N–H and O–H groups in total. The SMILES string of the molecule is Cc1ncc(-c2noc([C@H]3CCCNC3)n2)s1.Cl. The summed E-state index contributed by atoms with van der Waals surface area (Å²) in [6.07, 6.45) is 4.09. The molecule has 0 radical (unpaired) electrons. The van der Waals surface area contributed by atoms with Gasteiger partial charge in [0.1, 0.15) is 0 Å². The molecule has 2 aromatic heterocycles. The average molecular weight is 287 g/mol. The third-order valence-electron chi connectivity index (χ3n) is 2.93. The van der Waals surface area contributed by atoms with Gasteiger partial charge in [0.05, 0.1) is 15.8 Å². The number of rotatable bonds is 2.